The number of piperazine rings is 1. The average molecular weight is 445 g/mol. The molecule has 0 aliphatic carbocycles. The van der Waals surface area contributed by atoms with Crippen molar-refractivity contribution in [2.75, 3.05) is 57.1 Å². The van der Waals surface area contributed by atoms with Gasteiger partial charge in [0.05, 0.1) is 11.5 Å². The molecule has 32 heavy (non-hydrogen) atoms. The molecule has 3 rings (SSSR count). The van der Waals surface area contributed by atoms with Crippen molar-refractivity contribution in [1.29, 1.82) is 0 Å². The first kappa shape index (κ1) is 22.9. The number of amides is 3. The number of halogens is 1. The number of hydrogen-bond donors (Lipinski definition) is 2. The number of nitrogens with one attached hydrogen (secondary N) is 2. The zero-order valence-electron chi connectivity index (χ0n) is 17.5. The molecule has 0 atom stereocenters. The molecular weight excluding hydrogens is 421 g/mol. The Morgan fingerprint density at radius 1 is 1.09 bits per heavy atom. The summed E-state index contributed by atoms with van der Waals surface area (Å²) in [4.78, 5) is 39.2. The average Bonchev–Trinajstić information content (AvgIpc) is 2.80. The Kier molecular flexibility index (Phi) is 7.55. The van der Waals surface area contributed by atoms with Crippen molar-refractivity contribution in [2.45, 2.75) is 0 Å². The molecule has 0 spiro atoms. The summed E-state index contributed by atoms with van der Waals surface area (Å²) in [7, 11) is 1.53. The molecule has 0 saturated carbocycles. The highest BCUT2D eigenvalue weighted by atomic mass is 19.1. The van der Waals surface area contributed by atoms with Gasteiger partial charge in [0.1, 0.15) is 11.5 Å². The number of methoxy groups -OCH3 is 1. The predicted molar refractivity (Wildman–Crippen MR) is 116 cm³/mol. The van der Waals surface area contributed by atoms with Crippen molar-refractivity contribution in [2.24, 2.45) is 0 Å². The van der Waals surface area contributed by atoms with E-state index in [1.54, 1.807) is 9.80 Å². The van der Waals surface area contributed by atoms with E-state index in [0.29, 0.717) is 37.6 Å². The molecule has 170 valence electrons. The van der Waals surface area contributed by atoms with E-state index in [0.717, 1.165) is 0 Å². The SMILES string of the molecule is COCCNc1ccc(C(=O)N2CCN(C(=O)Nc3ccc(F)cc3)CC2)cc1[N+](=O)[O-]. The van der Waals surface area contributed by atoms with E-state index in [4.69, 9.17) is 4.74 Å². The van der Waals surface area contributed by atoms with Crippen LogP contribution in [0, 0.1) is 15.9 Å². The fourth-order valence-electron chi connectivity index (χ4n) is 3.28. The van der Waals surface area contributed by atoms with Gasteiger partial charge in [0, 0.05) is 57.2 Å². The Morgan fingerprint density at radius 3 is 2.38 bits per heavy atom. The minimum Gasteiger partial charge on any atom is -0.383 e. The highest BCUT2D eigenvalue weighted by molar-refractivity contribution is 5.96. The first-order valence-corrected chi connectivity index (χ1v) is 10.0. The van der Waals surface area contributed by atoms with E-state index in [9.17, 15) is 24.1 Å². The standard InChI is InChI=1S/C21H24FN5O5/c1-32-13-8-23-18-7-2-15(14-19(18)27(30)31)20(28)25-9-11-26(12-10-25)21(29)24-17-5-3-16(22)4-6-17/h2-7,14,23H,8-13H2,1H3,(H,24,29). The topological polar surface area (TPSA) is 117 Å². The van der Waals surface area contributed by atoms with Crippen LogP contribution in [0.25, 0.3) is 0 Å². The first-order valence-electron chi connectivity index (χ1n) is 10.0. The lowest BCUT2D eigenvalue weighted by molar-refractivity contribution is -0.384. The molecule has 1 aliphatic heterocycles. The minimum atomic E-state index is -0.538. The molecule has 0 aromatic heterocycles. The molecule has 0 unspecified atom stereocenters. The lowest BCUT2D eigenvalue weighted by atomic mass is 10.1. The third-order valence-electron chi connectivity index (χ3n) is 5.01. The third-order valence-corrected chi connectivity index (χ3v) is 5.01. The molecule has 0 radical (unpaired) electrons. The fourth-order valence-corrected chi connectivity index (χ4v) is 3.28. The summed E-state index contributed by atoms with van der Waals surface area (Å²) in [6.07, 6.45) is 0. The van der Waals surface area contributed by atoms with Gasteiger partial charge in [-0.25, -0.2) is 9.18 Å². The molecule has 2 N–H and O–H groups in total. The molecule has 2 aromatic rings. The summed E-state index contributed by atoms with van der Waals surface area (Å²) in [5, 5.41) is 17.0. The summed E-state index contributed by atoms with van der Waals surface area (Å²) in [6.45, 7) is 1.97. The van der Waals surface area contributed by atoms with Gasteiger partial charge < -0.3 is 25.2 Å². The Morgan fingerprint density at radius 2 is 1.75 bits per heavy atom. The second-order valence-electron chi connectivity index (χ2n) is 7.12. The second-order valence-corrected chi connectivity index (χ2v) is 7.12. The van der Waals surface area contributed by atoms with Gasteiger partial charge in [-0.15, -0.1) is 0 Å². The van der Waals surface area contributed by atoms with Crippen molar-refractivity contribution in [3.05, 3.63) is 64.0 Å². The summed E-state index contributed by atoms with van der Waals surface area (Å²) < 4.78 is 17.9. The van der Waals surface area contributed by atoms with Crippen LogP contribution in [0.5, 0.6) is 0 Å². The summed E-state index contributed by atoms with van der Waals surface area (Å²) >= 11 is 0. The first-order chi connectivity index (χ1) is 15.4. The summed E-state index contributed by atoms with van der Waals surface area (Å²) in [6, 6.07) is 9.40. The zero-order chi connectivity index (χ0) is 23.1. The minimum absolute atomic E-state index is 0.190. The number of ether oxygens (including phenoxy) is 1. The van der Waals surface area contributed by atoms with E-state index in [2.05, 4.69) is 10.6 Å². The summed E-state index contributed by atoms with van der Waals surface area (Å²) in [5.41, 5.74) is 0.801. The zero-order valence-corrected chi connectivity index (χ0v) is 17.5. The second kappa shape index (κ2) is 10.5. The monoisotopic (exact) mass is 445 g/mol. The molecule has 1 heterocycles. The van der Waals surface area contributed by atoms with Crippen LogP contribution in [0.15, 0.2) is 42.5 Å². The maximum atomic E-state index is 13.0. The number of nitrogens with zero attached hydrogens (tertiary/aromatic N) is 3. The maximum Gasteiger partial charge on any atom is 0.321 e. The van der Waals surface area contributed by atoms with Gasteiger partial charge in [0.25, 0.3) is 11.6 Å². The van der Waals surface area contributed by atoms with Gasteiger partial charge in [-0.1, -0.05) is 0 Å². The molecule has 1 saturated heterocycles. The van der Waals surface area contributed by atoms with Crippen molar-refractivity contribution in [3.8, 4) is 0 Å². The quantitative estimate of drug-likeness (QED) is 0.385. The lowest BCUT2D eigenvalue weighted by Crippen LogP contribution is -2.51. The van der Waals surface area contributed by atoms with E-state index in [1.807, 2.05) is 0 Å². The maximum absolute atomic E-state index is 13.0. The van der Waals surface area contributed by atoms with Gasteiger partial charge in [-0.05, 0) is 36.4 Å². The number of rotatable bonds is 7. The highest BCUT2D eigenvalue weighted by Crippen LogP contribution is 2.26. The van der Waals surface area contributed by atoms with Crippen LogP contribution in [0.1, 0.15) is 10.4 Å². The number of urea groups is 1. The van der Waals surface area contributed by atoms with E-state index in [-0.39, 0.29) is 36.3 Å². The molecule has 1 fully saturated rings. The van der Waals surface area contributed by atoms with Crippen LogP contribution >= 0.6 is 0 Å². The van der Waals surface area contributed by atoms with Gasteiger partial charge in [0.15, 0.2) is 0 Å². The lowest BCUT2D eigenvalue weighted by Gasteiger charge is -2.34. The Bertz CT molecular complexity index is 977. The number of anilines is 2. The summed E-state index contributed by atoms with van der Waals surface area (Å²) in [5.74, 6) is -0.732. The van der Waals surface area contributed by atoms with Gasteiger partial charge in [-0.3, -0.25) is 14.9 Å². The molecular formula is C21H24FN5O5. The van der Waals surface area contributed by atoms with E-state index in [1.165, 1.54) is 49.6 Å². The molecule has 11 heteroatoms. The van der Waals surface area contributed by atoms with E-state index < -0.39 is 10.7 Å². The number of nitro groups is 1. The molecule has 3 amide bonds. The van der Waals surface area contributed by atoms with Crippen LogP contribution < -0.4 is 10.6 Å². The molecule has 0 bridgehead atoms. The largest absolute Gasteiger partial charge is 0.383 e. The van der Waals surface area contributed by atoms with Crippen LogP contribution in [0.3, 0.4) is 0 Å². The van der Waals surface area contributed by atoms with Crippen molar-refractivity contribution in [1.82, 2.24) is 9.80 Å². The van der Waals surface area contributed by atoms with Crippen molar-refractivity contribution >= 4 is 29.0 Å². The Labute approximate surface area is 184 Å². The molecule has 1 aliphatic rings. The fraction of sp³-hybridized carbons (Fsp3) is 0.333. The Balaban J connectivity index is 1.59. The molecule has 10 nitrogen and oxygen atoms in total. The predicted octanol–water partition coefficient (Wildman–Crippen LogP) is 2.78. The van der Waals surface area contributed by atoms with Crippen molar-refractivity contribution < 1.29 is 23.6 Å². The van der Waals surface area contributed by atoms with Gasteiger partial charge >= 0.3 is 6.03 Å². The van der Waals surface area contributed by atoms with E-state index >= 15 is 0 Å². The third kappa shape index (κ3) is 5.70. The number of hydrogen-bond acceptors (Lipinski definition) is 6. The smallest absolute Gasteiger partial charge is 0.321 e. The van der Waals surface area contributed by atoms with Gasteiger partial charge in [-0.2, -0.15) is 0 Å². The van der Waals surface area contributed by atoms with Gasteiger partial charge in [0.2, 0.25) is 0 Å². The number of nitro benzene ring substituents is 1. The normalized spacial score (nSPS) is 13.6. The van der Waals surface area contributed by atoms with Crippen LogP contribution in [0.2, 0.25) is 0 Å². The number of carbonyl (C=O) groups excluding carboxylic acids is 2. The van der Waals surface area contributed by atoms with Crippen LogP contribution in [-0.2, 0) is 4.74 Å². The van der Waals surface area contributed by atoms with Crippen LogP contribution in [0.4, 0.5) is 26.2 Å². The van der Waals surface area contributed by atoms with Crippen molar-refractivity contribution in [3.63, 3.8) is 0 Å². The number of benzene rings is 2. The molecule has 2 aromatic carbocycles. The number of carbonyl (C=O) groups is 2. The Hall–Kier alpha value is -3.73. The highest BCUT2D eigenvalue weighted by Gasteiger charge is 2.26. The van der Waals surface area contributed by atoms with Crippen LogP contribution in [-0.4, -0.2) is 73.1 Å².